The van der Waals surface area contributed by atoms with Gasteiger partial charge in [0.05, 0.1) is 17.2 Å². The summed E-state index contributed by atoms with van der Waals surface area (Å²) in [5, 5.41) is 11.6. The van der Waals surface area contributed by atoms with Crippen LogP contribution in [-0.2, 0) is 16.1 Å². The first-order valence-corrected chi connectivity index (χ1v) is 11.2. The number of Topliss-reactive ketones (excluding diaryl/α,β-unsaturated/α-hetero) is 1. The van der Waals surface area contributed by atoms with E-state index in [9.17, 15) is 14.4 Å². The Hall–Kier alpha value is -1.78. The van der Waals surface area contributed by atoms with Crippen molar-refractivity contribution >= 4 is 57.2 Å². The van der Waals surface area contributed by atoms with Gasteiger partial charge in [-0.05, 0) is 25.0 Å². The largest absolute Gasteiger partial charge is 0.351 e. The van der Waals surface area contributed by atoms with Gasteiger partial charge in [0.2, 0.25) is 16.9 Å². The minimum Gasteiger partial charge on any atom is -0.351 e. The number of rotatable bonds is 9. The normalized spacial score (nSPS) is 13.4. The number of thioether (sulfide) groups is 1. The quantitative estimate of drug-likeness (QED) is 0.378. The lowest BCUT2D eigenvalue weighted by Crippen LogP contribution is -2.32. The maximum absolute atomic E-state index is 12.4. The number of ketones is 1. The predicted molar refractivity (Wildman–Crippen MR) is 108 cm³/mol. The van der Waals surface area contributed by atoms with E-state index in [0.717, 1.165) is 17.7 Å². The molecule has 2 aromatic rings. The standard InChI is InChI=1S/C17H20N4O3S3/c1-3-15(24)21(11-4-5-11)16-19-20-17(27-16)25-9-13(23)14-7-6-12(26-14)8-18-10(2)22/h6-7,11H,3-5,8-9H2,1-2H3,(H,18,22). The van der Waals surface area contributed by atoms with Gasteiger partial charge in [-0.3, -0.25) is 19.3 Å². The van der Waals surface area contributed by atoms with Crippen molar-refractivity contribution in [3.05, 3.63) is 21.9 Å². The number of nitrogens with zero attached hydrogens (tertiary/aromatic N) is 3. The Morgan fingerprint density at radius 1 is 1.26 bits per heavy atom. The van der Waals surface area contributed by atoms with E-state index in [1.165, 1.54) is 41.4 Å². The predicted octanol–water partition coefficient (Wildman–Crippen LogP) is 3.12. The Kier molecular flexibility index (Phi) is 6.61. The van der Waals surface area contributed by atoms with Gasteiger partial charge >= 0.3 is 0 Å². The lowest BCUT2D eigenvalue weighted by atomic mass is 10.3. The molecule has 1 N–H and O–H groups in total. The molecule has 0 unspecified atom stereocenters. The van der Waals surface area contributed by atoms with Crippen LogP contribution in [0.5, 0.6) is 0 Å². The summed E-state index contributed by atoms with van der Waals surface area (Å²) in [6, 6.07) is 3.88. The molecule has 0 radical (unpaired) electrons. The molecule has 0 saturated heterocycles. The topological polar surface area (TPSA) is 92.3 Å². The summed E-state index contributed by atoms with van der Waals surface area (Å²) in [4.78, 5) is 38.8. The smallest absolute Gasteiger partial charge is 0.228 e. The van der Waals surface area contributed by atoms with Crippen molar-refractivity contribution in [1.82, 2.24) is 15.5 Å². The molecule has 1 saturated carbocycles. The molecule has 2 aromatic heterocycles. The number of anilines is 1. The molecule has 0 bridgehead atoms. The number of nitrogens with one attached hydrogen (secondary N) is 1. The van der Waals surface area contributed by atoms with Crippen LogP contribution in [0.4, 0.5) is 5.13 Å². The summed E-state index contributed by atoms with van der Waals surface area (Å²) in [6.07, 6.45) is 2.45. The molecular weight excluding hydrogens is 404 g/mol. The van der Waals surface area contributed by atoms with Crippen molar-refractivity contribution in [3.63, 3.8) is 0 Å². The maximum Gasteiger partial charge on any atom is 0.228 e. The molecule has 2 amide bonds. The van der Waals surface area contributed by atoms with Crippen LogP contribution in [0.2, 0.25) is 0 Å². The first-order valence-electron chi connectivity index (χ1n) is 8.62. The molecule has 27 heavy (non-hydrogen) atoms. The molecule has 1 fully saturated rings. The highest BCUT2D eigenvalue weighted by molar-refractivity contribution is 8.01. The van der Waals surface area contributed by atoms with Crippen LogP contribution in [-0.4, -0.2) is 39.6 Å². The molecule has 7 nitrogen and oxygen atoms in total. The highest BCUT2D eigenvalue weighted by Crippen LogP contribution is 2.36. The minimum absolute atomic E-state index is 0.0134. The van der Waals surface area contributed by atoms with Crippen molar-refractivity contribution in [2.24, 2.45) is 0 Å². The van der Waals surface area contributed by atoms with Crippen molar-refractivity contribution in [2.75, 3.05) is 10.7 Å². The monoisotopic (exact) mass is 424 g/mol. The molecular formula is C17H20N4O3S3. The first kappa shape index (κ1) is 20.0. The van der Waals surface area contributed by atoms with Crippen molar-refractivity contribution in [1.29, 1.82) is 0 Å². The van der Waals surface area contributed by atoms with Crippen LogP contribution in [0.25, 0.3) is 0 Å². The SMILES string of the molecule is CCC(=O)N(c1nnc(SCC(=O)c2ccc(CNC(C)=O)s2)s1)C1CC1. The Labute approximate surface area is 169 Å². The second-order valence-electron chi connectivity index (χ2n) is 6.09. The number of hydrogen-bond acceptors (Lipinski definition) is 8. The average Bonchev–Trinajstić information content (AvgIpc) is 3.18. The van der Waals surface area contributed by atoms with E-state index in [2.05, 4.69) is 15.5 Å². The number of amides is 2. The molecule has 0 spiro atoms. The van der Waals surface area contributed by atoms with Gasteiger partial charge in [0.15, 0.2) is 10.1 Å². The van der Waals surface area contributed by atoms with Crippen LogP contribution < -0.4 is 10.2 Å². The molecule has 0 aliphatic heterocycles. The fourth-order valence-corrected chi connectivity index (χ4v) is 5.15. The fourth-order valence-electron chi connectivity index (χ4n) is 2.36. The van der Waals surface area contributed by atoms with E-state index in [1.807, 2.05) is 13.0 Å². The van der Waals surface area contributed by atoms with Gasteiger partial charge in [-0.15, -0.1) is 21.5 Å². The molecule has 1 aliphatic carbocycles. The lowest BCUT2D eigenvalue weighted by Gasteiger charge is -2.17. The zero-order valence-corrected chi connectivity index (χ0v) is 17.5. The van der Waals surface area contributed by atoms with Gasteiger partial charge in [-0.2, -0.15) is 0 Å². The van der Waals surface area contributed by atoms with Gasteiger partial charge in [0, 0.05) is 24.3 Å². The van der Waals surface area contributed by atoms with Gasteiger partial charge in [0.1, 0.15) is 0 Å². The fraction of sp³-hybridized carbons (Fsp3) is 0.471. The van der Waals surface area contributed by atoms with Crippen LogP contribution in [0.3, 0.4) is 0 Å². The Morgan fingerprint density at radius 2 is 2.04 bits per heavy atom. The Bertz CT molecular complexity index is 844. The van der Waals surface area contributed by atoms with Crippen LogP contribution in [0.15, 0.2) is 16.5 Å². The van der Waals surface area contributed by atoms with E-state index in [-0.39, 0.29) is 29.4 Å². The molecule has 10 heteroatoms. The molecule has 2 heterocycles. The second kappa shape index (κ2) is 8.94. The Morgan fingerprint density at radius 3 is 2.70 bits per heavy atom. The minimum atomic E-state index is -0.0966. The molecule has 3 rings (SSSR count). The zero-order chi connectivity index (χ0) is 19.4. The molecule has 144 valence electrons. The van der Waals surface area contributed by atoms with Crippen molar-refractivity contribution in [2.45, 2.75) is 50.0 Å². The van der Waals surface area contributed by atoms with Gasteiger partial charge in [0.25, 0.3) is 0 Å². The highest BCUT2D eigenvalue weighted by Gasteiger charge is 2.35. The number of hydrogen-bond donors (Lipinski definition) is 1. The number of aromatic nitrogens is 2. The lowest BCUT2D eigenvalue weighted by molar-refractivity contribution is -0.119. The molecule has 1 aliphatic rings. The van der Waals surface area contributed by atoms with Crippen molar-refractivity contribution in [3.8, 4) is 0 Å². The summed E-state index contributed by atoms with van der Waals surface area (Å²) in [5.41, 5.74) is 0. The third-order valence-electron chi connectivity index (χ3n) is 3.86. The van der Waals surface area contributed by atoms with Gasteiger partial charge in [-0.25, -0.2) is 0 Å². The van der Waals surface area contributed by atoms with E-state index in [0.29, 0.717) is 27.3 Å². The third-order valence-corrected chi connectivity index (χ3v) is 7.04. The summed E-state index contributed by atoms with van der Waals surface area (Å²) >= 11 is 4.08. The maximum atomic E-state index is 12.4. The summed E-state index contributed by atoms with van der Waals surface area (Å²) in [7, 11) is 0. The first-order chi connectivity index (χ1) is 13.0. The van der Waals surface area contributed by atoms with E-state index >= 15 is 0 Å². The average molecular weight is 425 g/mol. The number of carbonyl (C=O) groups excluding carboxylic acids is 3. The summed E-state index contributed by atoms with van der Waals surface area (Å²) < 4.78 is 0.683. The number of thiophene rings is 1. The number of carbonyl (C=O) groups is 3. The zero-order valence-electron chi connectivity index (χ0n) is 15.1. The summed E-state index contributed by atoms with van der Waals surface area (Å²) in [5.74, 6) is 0.242. The van der Waals surface area contributed by atoms with Crippen LogP contribution >= 0.6 is 34.4 Å². The van der Waals surface area contributed by atoms with E-state index in [4.69, 9.17) is 0 Å². The second-order valence-corrected chi connectivity index (χ2v) is 9.43. The van der Waals surface area contributed by atoms with Crippen LogP contribution in [0, 0.1) is 0 Å². The summed E-state index contributed by atoms with van der Waals surface area (Å²) in [6.45, 7) is 3.74. The third kappa shape index (κ3) is 5.36. The van der Waals surface area contributed by atoms with Gasteiger partial charge < -0.3 is 5.32 Å². The highest BCUT2D eigenvalue weighted by atomic mass is 32.2. The van der Waals surface area contributed by atoms with Crippen LogP contribution in [0.1, 0.15) is 47.7 Å². The van der Waals surface area contributed by atoms with Gasteiger partial charge in [-0.1, -0.05) is 30.0 Å². The Balaban J connectivity index is 1.56. The van der Waals surface area contributed by atoms with E-state index in [1.54, 1.807) is 11.0 Å². The van der Waals surface area contributed by atoms with Crippen molar-refractivity contribution < 1.29 is 14.4 Å². The molecule has 0 atom stereocenters. The molecule has 0 aromatic carbocycles. The van der Waals surface area contributed by atoms with E-state index < -0.39 is 0 Å².